The number of H-pyrrole nitrogens is 1. The van der Waals surface area contributed by atoms with Gasteiger partial charge in [0, 0.05) is 23.9 Å². The fourth-order valence-corrected chi connectivity index (χ4v) is 2.01. The highest BCUT2D eigenvalue weighted by molar-refractivity contribution is 6.10. The topological polar surface area (TPSA) is 111 Å². The molecule has 0 aliphatic heterocycles. The molecule has 0 bridgehead atoms. The number of benzene rings is 1. The van der Waals surface area contributed by atoms with Gasteiger partial charge in [0.1, 0.15) is 11.5 Å². The zero-order valence-electron chi connectivity index (χ0n) is 11.2. The zero-order valence-corrected chi connectivity index (χ0v) is 11.2. The second kappa shape index (κ2) is 6.13. The summed E-state index contributed by atoms with van der Waals surface area (Å²) in [5.74, 6) is -1.58. The molecule has 0 saturated heterocycles. The van der Waals surface area contributed by atoms with Crippen LogP contribution < -0.4 is 0 Å². The summed E-state index contributed by atoms with van der Waals surface area (Å²) in [6, 6.07) is 5.37. The summed E-state index contributed by atoms with van der Waals surface area (Å²) in [7, 11) is 0. The maximum Gasteiger partial charge on any atom is 0.303 e. The molecule has 4 N–H and O–H groups in total. The molecule has 6 heteroatoms. The van der Waals surface area contributed by atoms with Gasteiger partial charge in [-0.2, -0.15) is 0 Å². The minimum atomic E-state index is -0.859. The number of phenolic OH excluding ortho intramolecular Hbond substituents is 2. The SMILES string of the molecule is O=C(O)CCCc1cc(C(=O)c2cc(O)ccc2O)c[nH]1. The molecule has 0 unspecified atom stereocenters. The molecule has 0 radical (unpaired) electrons. The summed E-state index contributed by atoms with van der Waals surface area (Å²) in [5, 5.41) is 27.6. The van der Waals surface area contributed by atoms with Gasteiger partial charge in [-0.15, -0.1) is 0 Å². The highest BCUT2D eigenvalue weighted by atomic mass is 16.4. The number of hydrogen-bond acceptors (Lipinski definition) is 4. The van der Waals surface area contributed by atoms with E-state index in [0.717, 1.165) is 5.69 Å². The van der Waals surface area contributed by atoms with E-state index in [2.05, 4.69) is 4.98 Å². The standard InChI is InChI=1S/C15H15NO5/c17-11-4-5-13(18)12(7-11)15(21)9-6-10(16-8-9)2-1-3-14(19)20/h4-8,16-18H,1-3H2,(H,19,20). The van der Waals surface area contributed by atoms with Gasteiger partial charge in [0.05, 0.1) is 5.56 Å². The van der Waals surface area contributed by atoms with Crippen molar-refractivity contribution in [2.24, 2.45) is 0 Å². The lowest BCUT2D eigenvalue weighted by molar-refractivity contribution is -0.137. The first-order valence-electron chi connectivity index (χ1n) is 6.43. The number of carboxylic acids is 1. The number of carbonyl (C=O) groups is 2. The smallest absolute Gasteiger partial charge is 0.303 e. The Hall–Kier alpha value is -2.76. The molecule has 2 rings (SSSR count). The van der Waals surface area contributed by atoms with E-state index >= 15 is 0 Å². The summed E-state index contributed by atoms with van der Waals surface area (Å²) in [6.45, 7) is 0. The first-order chi connectivity index (χ1) is 9.97. The summed E-state index contributed by atoms with van der Waals surface area (Å²) >= 11 is 0. The molecule has 110 valence electrons. The van der Waals surface area contributed by atoms with Crippen LogP contribution in [0, 0.1) is 0 Å². The Morgan fingerprint density at radius 1 is 1.14 bits per heavy atom. The Morgan fingerprint density at radius 2 is 1.90 bits per heavy atom. The first-order valence-corrected chi connectivity index (χ1v) is 6.43. The third kappa shape index (κ3) is 3.62. The van der Waals surface area contributed by atoms with Gasteiger partial charge in [0.2, 0.25) is 0 Å². The van der Waals surface area contributed by atoms with Gasteiger partial charge < -0.3 is 20.3 Å². The van der Waals surface area contributed by atoms with Gasteiger partial charge in [-0.3, -0.25) is 9.59 Å². The quantitative estimate of drug-likeness (QED) is 0.480. The summed E-state index contributed by atoms with van der Waals surface area (Å²) in [6.07, 6.45) is 2.56. The van der Waals surface area contributed by atoms with Crippen LogP contribution in [0.5, 0.6) is 11.5 Å². The second-order valence-electron chi connectivity index (χ2n) is 4.69. The van der Waals surface area contributed by atoms with Crippen molar-refractivity contribution in [1.29, 1.82) is 0 Å². The predicted octanol–water partition coefficient (Wildman–Crippen LogP) is 2.06. The van der Waals surface area contributed by atoms with E-state index in [-0.39, 0.29) is 23.5 Å². The highest BCUT2D eigenvalue weighted by Gasteiger charge is 2.16. The largest absolute Gasteiger partial charge is 0.508 e. The number of nitrogens with one attached hydrogen (secondary N) is 1. The molecule has 1 aromatic heterocycles. The summed E-state index contributed by atoms with van der Waals surface area (Å²) < 4.78 is 0. The van der Waals surface area contributed by atoms with Gasteiger partial charge >= 0.3 is 5.97 Å². The van der Waals surface area contributed by atoms with Crippen molar-refractivity contribution in [3.8, 4) is 11.5 Å². The number of aliphatic carboxylic acids is 1. The number of hydrogen-bond donors (Lipinski definition) is 4. The van der Waals surface area contributed by atoms with Gasteiger partial charge in [0.25, 0.3) is 0 Å². The van der Waals surface area contributed by atoms with Crippen molar-refractivity contribution in [1.82, 2.24) is 4.98 Å². The van der Waals surface area contributed by atoms with Crippen molar-refractivity contribution in [2.45, 2.75) is 19.3 Å². The maximum atomic E-state index is 12.2. The molecule has 0 saturated carbocycles. The molecule has 0 amide bonds. The van der Waals surface area contributed by atoms with Crippen molar-refractivity contribution >= 4 is 11.8 Å². The number of ketones is 1. The first kappa shape index (κ1) is 14.6. The van der Waals surface area contributed by atoms with E-state index in [1.54, 1.807) is 6.07 Å². The van der Waals surface area contributed by atoms with E-state index in [1.165, 1.54) is 24.4 Å². The Morgan fingerprint density at radius 3 is 2.62 bits per heavy atom. The average molecular weight is 289 g/mol. The molecule has 0 spiro atoms. The average Bonchev–Trinajstić information content (AvgIpc) is 2.89. The highest BCUT2D eigenvalue weighted by Crippen LogP contribution is 2.25. The third-order valence-electron chi connectivity index (χ3n) is 3.07. The van der Waals surface area contributed by atoms with Crippen molar-refractivity contribution in [3.05, 3.63) is 47.3 Å². The lowest BCUT2D eigenvalue weighted by Gasteiger charge is -2.02. The molecular formula is C15H15NO5. The summed E-state index contributed by atoms with van der Waals surface area (Å²) in [5.41, 5.74) is 1.12. The molecule has 0 aliphatic carbocycles. The number of rotatable bonds is 6. The minimum absolute atomic E-state index is 0.0195. The second-order valence-corrected chi connectivity index (χ2v) is 4.69. The number of carboxylic acid groups (broad SMARTS) is 1. The molecule has 1 heterocycles. The van der Waals surface area contributed by atoms with E-state index in [1.807, 2.05) is 0 Å². The molecule has 0 aliphatic rings. The molecule has 1 aromatic carbocycles. The maximum absolute atomic E-state index is 12.2. The Bertz CT molecular complexity index is 674. The van der Waals surface area contributed by atoms with Crippen LogP contribution in [0.2, 0.25) is 0 Å². The van der Waals surface area contributed by atoms with Crippen LogP contribution in [0.15, 0.2) is 30.5 Å². The summed E-state index contributed by atoms with van der Waals surface area (Å²) in [4.78, 5) is 25.6. The monoisotopic (exact) mass is 289 g/mol. The van der Waals surface area contributed by atoms with Gasteiger partial charge in [0.15, 0.2) is 5.78 Å². The normalized spacial score (nSPS) is 10.5. The Balaban J connectivity index is 2.11. The number of aromatic amines is 1. The van der Waals surface area contributed by atoms with Crippen molar-refractivity contribution in [3.63, 3.8) is 0 Å². The van der Waals surface area contributed by atoms with E-state index in [0.29, 0.717) is 18.4 Å². The molecule has 21 heavy (non-hydrogen) atoms. The lowest BCUT2D eigenvalue weighted by atomic mass is 10.0. The van der Waals surface area contributed by atoms with Gasteiger partial charge in [-0.05, 0) is 37.1 Å². The molecule has 2 aromatic rings. The van der Waals surface area contributed by atoms with Crippen LogP contribution in [0.25, 0.3) is 0 Å². The van der Waals surface area contributed by atoms with Crippen LogP contribution in [-0.2, 0) is 11.2 Å². The molecular weight excluding hydrogens is 274 g/mol. The fourth-order valence-electron chi connectivity index (χ4n) is 2.01. The molecule has 0 fully saturated rings. The van der Waals surface area contributed by atoms with Crippen molar-refractivity contribution in [2.75, 3.05) is 0 Å². The lowest BCUT2D eigenvalue weighted by Crippen LogP contribution is -2.00. The number of aromatic hydroxyl groups is 2. The molecule has 0 atom stereocenters. The van der Waals surface area contributed by atoms with E-state index < -0.39 is 11.8 Å². The zero-order chi connectivity index (χ0) is 15.4. The number of phenols is 2. The van der Waals surface area contributed by atoms with Crippen molar-refractivity contribution < 1.29 is 24.9 Å². The van der Waals surface area contributed by atoms with E-state index in [4.69, 9.17) is 5.11 Å². The van der Waals surface area contributed by atoms with Crippen LogP contribution in [-0.4, -0.2) is 32.1 Å². The van der Waals surface area contributed by atoms with Crippen LogP contribution >= 0.6 is 0 Å². The van der Waals surface area contributed by atoms with E-state index in [9.17, 15) is 19.8 Å². The Labute approximate surface area is 120 Å². The van der Waals surface area contributed by atoms with Crippen LogP contribution in [0.3, 0.4) is 0 Å². The number of aryl methyl sites for hydroxylation is 1. The third-order valence-corrected chi connectivity index (χ3v) is 3.07. The Kier molecular flexibility index (Phi) is 4.27. The number of carbonyl (C=O) groups excluding carboxylic acids is 1. The van der Waals surface area contributed by atoms with Gasteiger partial charge in [-0.1, -0.05) is 0 Å². The number of aromatic nitrogens is 1. The van der Waals surface area contributed by atoms with Gasteiger partial charge in [-0.25, -0.2) is 0 Å². The van der Waals surface area contributed by atoms with Crippen LogP contribution in [0.4, 0.5) is 0 Å². The fraction of sp³-hybridized carbons (Fsp3) is 0.200. The minimum Gasteiger partial charge on any atom is -0.508 e. The predicted molar refractivity (Wildman–Crippen MR) is 74.6 cm³/mol. The van der Waals surface area contributed by atoms with Crippen LogP contribution in [0.1, 0.15) is 34.5 Å². The molecule has 6 nitrogen and oxygen atoms in total.